The van der Waals surface area contributed by atoms with E-state index in [1.54, 1.807) is 51.1 Å². The van der Waals surface area contributed by atoms with E-state index in [1.807, 2.05) is 0 Å². The quantitative estimate of drug-likeness (QED) is 0.125. The highest BCUT2D eigenvalue weighted by atomic mass is 16.6. The van der Waals surface area contributed by atoms with Crippen LogP contribution in [0.2, 0.25) is 0 Å². The fourth-order valence-electron chi connectivity index (χ4n) is 2.54. The average Bonchev–Trinajstić information content (AvgIpc) is 2.74. The molecule has 2 amide bonds. The fraction of sp³-hybridized carbons (Fsp3) is 0.524. The lowest BCUT2D eigenvalue weighted by atomic mass is 10.1. The summed E-state index contributed by atoms with van der Waals surface area (Å²) in [5.41, 5.74) is 8.77. The summed E-state index contributed by atoms with van der Waals surface area (Å²) in [7, 11) is 0. The molecule has 1 aromatic rings. The van der Waals surface area contributed by atoms with Crippen molar-refractivity contribution in [3.8, 4) is 6.07 Å². The summed E-state index contributed by atoms with van der Waals surface area (Å²) >= 11 is 0. The molecule has 0 saturated heterocycles. The van der Waals surface area contributed by atoms with Crippen LogP contribution >= 0.6 is 0 Å². The van der Waals surface area contributed by atoms with E-state index in [2.05, 4.69) is 20.7 Å². The van der Waals surface area contributed by atoms with Crippen molar-refractivity contribution < 1.29 is 28.6 Å². The van der Waals surface area contributed by atoms with Gasteiger partial charge >= 0.3 is 18.2 Å². The molecule has 0 radical (unpaired) electrons. The normalized spacial score (nSPS) is 11.2. The summed E-state index contributed by atoms with van der Waals surface area (Å²) in [5, 5.41) is 17.1. The van der Waals surface area contributed by atoms with Gasteiger partial charge in [-0.05, 0) is 51.1 Å². The molecule has 178 valence electrons. The second-order valence-corrected chi connectivity index (χ2v) is 7.78. The third-order valence-corrected chi connectivity index (χ3v) is 3.95. The lowest BCUT2D eigenvalue weighted by Gasteiger charge is -2.22. The lowest BCUT2D eigenvalue weighted by Crippen LogP contribution is -2.44. The first-order chi connectivity index (χ1) is 15.7. The van der Waals surface area contributed by atoms with E-state index in [-0.39, 0.29) is 19.6 Å². The van der Waals surface area contributed by atoms with Crippen molar-refractivity contribution in [2.75, 3.05) is 13.2 Å². The largest absolute Gasteiger partial charge is 0.449 e. The Morgan fingerprint density at radius 1 is 1.18 bits per heavy atom. The van der Waals surface area contributed by atoms with Crippen LogP contribution < -0.4 is 10.6 Å². The molecule has 0 aromatic heterocycles. The summed E-state index contributed by atoms with van der Waals surface area (Å²) in [4.78, 5) is 38.7. The first-order valence-corrected chi connectivity index (χ1v) is 10.2. The van der Waals surface area contributed by atoms with Crippen molar-refractivity contribution in [2.45, 2.75) is 58.3 Å². The zero-order chi connectivity index (χ0) is 24.7. The van der Waals surface area contributed by atoms with Gasteiger partial charge in [0, 0.05) is 17.1 Å². The van der Waals surface area contributed by atoms with Gasteiger partial charge in [0.2, 0.25) is 0 Å². The number of esters is 1. The molecule has 0 aliphatic rings. The van der Waals surface area contributed by atoms with Gasteiger partial charge in [-0.25, -0.2) is 14.4 Å². The molecule has 1 atom stereocenters. The van der Waals surface area contributed by atoms with Crippen LogP contribution in [-0.4, -0.2) is 43.0 Å². The standard InChI is InChI=1S/C21H28N6O6/c1-21(2,3)33-20(30)25-17(18(28)31-13-11-22)10-6-7-12-24-19(29)32-14-15-8-4-5-9-16(15)26-27-23/h4-5,8-9,17H,6-7,10,12-14H2,1-3H3,(H,24,29)(H,25,30). The number of hydrogen-bond donors (Lipinski definition) is 2. The van der Waals surface area contributed by atoms with Gasteiger partial charge in [0.25, 0.3) is 0 Å². The van der Waals surface area contributed by atoms with Crippen molar-refractivity contribution in [2.24, 2.45) is 5.11 Å². The number of carbonyl (C=O) groups is 3. The molecule has 0 saturated carbocycles. The minimum atomic E-state index is -0.989. The average molecular weight is 460 g/mol. The van der Waals surface area contributed by atoms with E-state index in [0.29, 0.717) is 24.1 Å². The second kappa shape index (κ2) is 14.2. The summed E-state index contributed by atoms with van der Waals surface area (Å²) in [6, 6.07) is 7.43. The topological polar surface area (TPSA) is 176 Å². The van der Waals surface area contributed by atoms with Gasteiger partial charge in [0.05, 0.1) is 0 Å². The zero-order valence-corrected chi connectivity index (χ0v) is 18.9. The molecule has 12 heteroatoms. The van der Waals surface area contributed by atoms with Crippen LogP contribution in [0.4, 0.5) is 15.3 Å². The Kier molecular flexibility index (Phi) is 11.6. The van der Waals surface area contributed by atoms with E-state index < -0.39 is 36.4 Å². The molecular formula is C21H28N6O6. The second-order valence-electron chi connectivity index (χ2n) is 7.78. The van der Waals surface area contributed by atoms with Crippen molar-refractivity contribution >= 4 is 23.8 Å². The van der Waals surface area contributed by atoms with Crippen molar-refractivity contribution in [3.63, 3.8) is 0 Å². The highest BCUT2D eigenvalue weighted by Gasteiger charge is 2.25. The van der Waals surface area contributed by atoms with Crippen LogP contribution in [0.15, 0.2) is 29.4 Å². The maximum absolute atomic E-state index is 12.1. The van der Waals surface area contributed by atoms with Crippen LogP contribution in [0.1, 0.15) is 45.6 Å². The van der Waals surface area contributed by atoms with Crippen LogP contribution in [0, 0.1) is 11.3 Å². The third kappa shape index (κ3) is 11.9. The molecule has 1 rings (SSSR count). The number of alkyl carbamates (subject to hydrolysis) is 2. The Balaban J connectivity index is 2.43. The van der Waals surface area contributed by atoms with Gasteiger partial charge in [-0.3, -0.25) is 0 Å². The number of unbranched alkanes of at least 4 members (excludes halogenated alkanes) is 1. The number of nitrogens with one attached hydrogen (secondary N) is 2. The molecule has 1 aromatic carbocycles. The predicted octanol–water partition coefficient (Wildman–Crippen LogP) is 3.98. The van der Waals surface area contributed by atoms with E-state index in [1.165, 1.54) is 0 Å². The Morgan fingerprint density at radius 2 is 1.91 bits per heavy atom. The number of hydrogen-bond acceptors (Lipinski definition) is 8. The van der Waals surface area contributed by atoms with Gasteiger partial charge in [-0.1, -0.05) is 29.4 Å². The number of nitrogens with zero attached hydrogens (tertiary/aromatic N) is 4. The minimum Gasteiger partial charge on any atom is -0.449 e. The van der Waals surface area contributed by atoms with Gasteiger partial charge in [0.1, 0.15) is 24.3 Å². The Labute approximate surface area is 191 Å². The van der Waals surface area contributed by atoms with Gasteiger partial charge < -0.3 is 24.8 Å². The predicted molar refractivity (Wildman–Crippen MR) is 117 cm³/mol. The minimum absolute atomic E-state index is 0.0619. The van der Waals surface area contributed by atoms with Gasteiger partial charge in [0.15, 0.2) is 6.61 Å². The summed E-state index contributed by atoms with van der Waals surface area (Å²) in [5.74, 6) is -0.742. The Morgan fingerprint density at radius 3 is 2.58 bits per heavy atom. The maximum atomic E-state index is 12.1. The number of benzene rings is 1. The summed E-state index contributed by atoms with van der Waals surface area (Å²) in [6.07, 6.45) is -0.253. The van der Waals surface area contributed by atoms with E-state index >= 15 is 0 Å². The number of ether oxygens (including phenoxy) is 3. The Bertz CT molecular complexity index is 901. The number of nitriles is 1. The number of amides is 2. The molecule has 2 N–H and O–H groups in total. The Hall–Kier alpha value is -3.97. The molecule has 1 unspecified atom stereocenters. The smallest absolute Gasteiger partial charge is 0.408 e. The van der Waals surface area contributed by atoms with E-state index in [9.17, 15) is 14.4 Å². The highest BCUT2D eigenvalue weighted by molar-refractivity contribution is 5.81. The highest BCUT2D eigenvalue weighted by Crippen LogP contribution is 2.19. The molecule has 12 nitrogen and oxygen atoms in total. The fourth-order valence-corrected chi connectivity index (χ4v) is 2.54. The van der Waals surface area contributed by atoms with Crippen molar-refractivity contribution in [3.05, 3.63) is 40.3 Å². The van der Waals surface area contributed by atoms with Crippen LogP contribution in [-0.2, 0) is 25.6 Å². The molecule has 0 spiro atoms. The van der Waals surface area contributed by atoms with Crippen molar-refractivity contribution in [1.29, 1.82) is 5.26 Å². The molecule has 0 fully saturated rings. The molecule has 0 heterocycles. The van der Waals surface area contributed by atoms with Gasteiger partial charge in [-0.2, -0.15) is 5.26 Å². The van der Waals surface area contributed by atoms with Crippen LogP contribution in [0.25, 0.3) is 10.4 Å². The molecule has 0 bridgehead atoms. The van der Waals surface area contributed by atoms with Gasteiger partial charge in [-0.15, -0.1) is 0 Å². The maximum Gasteiger partial charge on any atom is 0.408 e. The zero-order valence-electron chi connectivity index (χ0n) is 18.9. The van der Waals surface area contributed by atoms with E-state index in [0.717, 1.165) is 0 Å². The number of azide groups is 1. The van der Waals surface area contributed by atoms with Crippen LogP contribution in [0.5, 0.6) is 0 Å². The van der Waals surface area contributed by atoms with Crippen molar-refractivity contribution in [1.82, 2.24) is 10.6 Å². The van der Waals surface area contributed by atoms with E-state index in [4.69, 9.17) is 25.0 Å². The number of carbonyl (C=O) groups excluding carboxylic acids is 3. The molecule has 33 heavy (non-hydrogen) atoms. The monoisotopic (exact) mass is 460 g/mol. The first kappa shape index (κ1) is 27.1. The molecular weight excluding hydrogens is 432 g/mol. The SMILES string of the molecule is CC(C)(C)OC(=O)NC(CCCCNC(=O)OCc1ccccc1N=[N+]=[N-])C(=O)OCC#N. The summed E-state index contributed by atoms with van der Waals surface area (Å²) in [6.45, 7) is 4.85. The number of rotatable bonds is 11. The molecule has 0 aliphatic heterocycles. The van der Waals surface area contributed by atoms with Crippen LogP contribution in [0.3, 0.4) is 0 Å². The first-order valence-electron chi connectivity index (χ1n) is 10.2. The summed E-state index contributed by atoms with van der Waals surface area (Å²) < 4.78 is 15.0. The molecule has 0 aliphatic carbocycles. The third-order valence-electron chi connectivity index (χ3n) is 3.95. The lowest BCUT2D eigenvalue weighted by molar-refractivity contribution is -0.145.